The Morgan fingerprint density at radius 3 is 2.86 bits per heavy atom. The van der Waals surface area contributed by atoms with Gasteiger partial charge in [0.1, 0.15) is 0 Å². The minimum Gasteiger partial charge on any atom is -0.376 e. The molecule has 1 saturated carbocycles. The van der Waals surface area contributed by atoms with Gasteiger partial charge in [-0.15, -0.1) is 0 Å². The summed E-state index contributed by atoms with van der Waals surface area (Å²) < 4.78 is 5.66. The minimum atomic E-state index is 0.272. The van der Waals surface area contributed by atoms with Crippen molar-refractivity contribution < 1.29 is 4.74 Å². The second kappa shape index (κ2) is 4.60. The van der Waals surface area contributed by atoms with E-state index in [9.17, 15) is 0 Å². The van der Waals surface area contributed by atoms with Crippen LogP contribution in [0.4, 0.5) is 0 Å². The molecule has 0 aromatic rings. The fourth-order valence-corrected chi connectivity index (χ4v) is 2.56. The summed E-state index contributed by atoms with van der Waals surface area (Å²) in [5.74, 6) is 0.931. The number of ether oxygens (including phenoxy) is 1. The number of hydrogen-bond donors (Lipinski definition) is 1. The predicted octanol–water partition coefficient (Wildman–Crippen LogP) is 0.834. The molecule has 0 aromatic heterocycles. The van der Waals surface area contributed by atoms with Crippen LogP contribution in [0.2, 0.25) is 0 Å². The van der Waals surface area contributed by atoms with Crippen LogP contribution in [0.3, 0.4) is 0 Å². The van der Waals surface area contributed by atoms with Gasteiger partial charge in [0, 0.05) is 32.3 Å². The number of nitrogens with zero attached hydrogens (tertiary/aromatic N) is 1. The summed E-state index contributed by atoms with van der Waals surface area (Å²) in [6.07, 6.45) is 4.18. The van der Waals surface area contributed by atoms with Crippen molar-refractivity contribution in [2.45, 2.75) is 38.3 Å². The van der Waals surface area contributed by atoms with Gasteiger partial charge in [-0.2, -0.15) is 0 Å². The van der Waals surface area contributed by atoms with Crippen molar-refractivity contribution in [1.82, 2.24) is 4.90 Å². The Hall–Kier alpha value is -0.120. The third-order valence-electron chi connectivity index (χ3n) is 3.51. The molecule has 0 radical (unpaired) electrons. The number of nitrogens with two attached hydrogens (primary N) is 1. The van der Waals surface area contributed by atoms with E-state index in [1.807, 2.05) is 0 Å². The zero-order valence-corrected chi connectivity index (χ0v) is 9.11. The van der Waals surface area contributed by atoms with Crippen LogP contribution in [0.5, 0.6) is 0 Å². The normalized spacial score (nSPS) is 40.3. The Kier molecular flexibility index (Phi) is 3.42. The van der Waals surface area contributed by atoms with E-state index >= 15 is 0 Å². The highest BCUT2D eigenvalue weighted by Gasteiger charge is 2.32. The molecule has 0 aromatic carbocycles. The zero-order chi connectivity index (χ0) is 9.97. The van der Waals surface area contributed by atoms with Gasteiger partial charge in [-0.25, -0.2) is 0 Å². The largest absolute Gasteiger partial charge is 0.376 e. The average molecular weight is 198 g/mol. The number of hydrogen-bond acceptors (Lipinski definition) is 3. The van der Waals surface area contributed by atoms with Crippen LogP contribution in [-0.2, 0) is 4.74 Å². The SMILES string of the molecule is CC1CC(N2CCCOC(CN)C2)C1. The first kappa shape index (κ1) is 10.4. The highest BCUT2D eigenvalue weighted by atomic mass is 16.5. The lowest BCUT2D eigenvalue weighted by Gasteiger charge is -2.41. The molecule has 82 valence electrons. The van der Waals surface area contributed by atoms with E-state index in [1.54, 1.807) is 0 Å². The van der Waals surface area contributed by atoms with Crippen LogP contribution in [0, 0.1) is 5.92 Å². The summed E-state index contributed by atoms with van der Waals surface area (Å²) in [5, 5.41) is 0. The van der Waals surface area contributed by atoms with Crippen LogP contribution in [-0.4, -0.2) is 43.3 Å². The van der Waals surface area contributed by atoms with Gasteiger partial charge in [-0.05, 0) is 25.2 Å². The van der Waals surface area contributed by atoms with Gasteiger partial charge in [0.15, 0.2) is 0 Å². The van der Waals surface area contributed by atoms with Crippen LogP contribution < -0.4 is 5.73 Å². The van der Waals surface area contributed by atoms with Gasteiger partial charge < -0.3 is 10.5 Å². The molecule has 2 rings (SSSR count). The molecule has 1 unspecified atom stereocenters. The molecule has 0 spiro atoms. The topological polar surface area (TPSA) is 38.5 Å². The van der Waals surface area contributed by atoms with E-state index in [0.29, 0.717) is 6.54 Å². The Morgan fingerprint density at radius 1 is 1.43 bits per heavy atom. The third-order valence-corrected chi connectivity index (χ3v) is 3.51. The molecule has 2 aliphatic rings. The molecule has 14 heavy (non-hydrogen) atoms. The lowest BCUT2D eigenvalue weighted by atomic mass is 9.80. The maximum atomic E-state index is 5.67. The molecule has 3 heteroatoms. The van der Waals surface area contributed by atoms with Crippen LogP contribution in [0.15, 0.2) is 0 Å². The maximum Gasteiger partial charge on any atom is 0.0824 e. The van der Waals surface area contributed by atoms with Crippen LogP contribution in [0.1, 0.15) is 26.2 Å². The third kappa shape index (κ3) is 2.27. The van der Waals surface area contributed by atoms with Crippen molar-refractivity contribution in [3.63, 3.8) is 0 Å². The lowest BCUT2D eigenvalue weighted by molar-refractivity contribution is 0.0335. The van der Waals surface area contributed by atoms with Gasteiger partial charge in [-0.3, -0.25) is 4.90 Å². The molecular formula is C11H22N2O. The van der Waals surface area contributed by atoms with Crippen molar-refractivity contribution in [3.8, 4) is 0 Å². The van der Waals surface area contributed by atoms with E-state index in [-0.39, 0.29) is 6.10 Å². The second-order valence-electron chi connectivity index (χ2n) is 4.81. The first-order valence-corrected chi connectivity index (χ1v) is 5.85. The van der Waals surface area contributed by atoms with E-state index < -0.39 is 0 Å². The maximum absolute atomic E-state index is 5.67. The molecule has 0 amide bonds. The summed E-state index contributed by atoms with van der Waals surface area (Å²) >= 11 is 0. The molecule has 1 aliphatic carbocycles. The molecular weight excluding hydrogens is 176 g/mol. The van der Waals surface area contributed by atoms with Crippen molar-refractivity contribution in [3.05, 3.63) is 0 Å². The van der Waals surface area contributed by atoms with E-state index in [4.69, 9.17) is 10.5 Å². The summed E-state index contributed by atoms with van der Waals surface area (Å²) in [7, 11) is 0. The lowest BCUT2D eigenvalue weighted by Crippen LogP contribution is -2.47. The van der Waals surface area contributed by atoms with E-state index in [1.165, 1.54) is 25.8 Å². The highest BCUT2D eigenvalue weighted by Crippen LogP contribution is 2.31. The monoisotopic (exact) mass is 198 g/mol. The van der Waals surface area contributed by atoms with E-state index in [2.05, 4.69) is 11.8 Å². The quantitative estimate of drug-likeness (QED) is 0.714. The number of rotatable bonds is 2. The molecule has 1 atom stereocenters. The first-order chi connectivity index (χ1) is 6.79. The van der Waals surface area contributed by atoms with Gasteiger partial charge in [0.25, 0.3) is 0 Å². The van der Waals surface area contributed by atoms with Gasteiger partial charge >= 0.3 is 0 Å². The fourth-order valence-electron chi connectivity index (χ4n) is 2.56. The second-order valence-corrected chi connectivity index (χ2v) is 4.81. The standard InChI is InChI=1S/C11H22N2O/c1-9-5-10(6-9)13-3-2-4-14-11(7-12)8-13/h9-11H,2-8,12H2,1H3. The molecule has 3 nitrogen and oxygen atoms in total. The highest BCUT2D eigenvalue weighted by molar-refractivity contribution is 4.87. The Balaban J connectivity index is 1.84. The Morgan fingerprint density at radius 2 is 2.21 bits per heavy atom. The molecule has 2 fully saturated rings. The van der Waals surface area contributed by atoms with Crippen molar-refractivity contribution >= 4 is 0 Å². The van der Waals surface area contributed by atoms with Crippen molar-refractivity contribution in [2.75, 3.05) is 26.2 Å². The van der Waals surface area contributed by atoms with Gasteiger partial charge in [0.2, 0.25) is 0 Å². The Labute approximate surface area is 86.6 Å². The molecule has 1 aliphatic heterocycles. The van der Waals surface area contributed by atoms with Crippen LogP contribution >= 0.6 is 0 Å². The van der Waals surface area contributed by atoms with Crippen molar-refractivity contribution in [1.29, 1.82) is 0 Å². The summed E-state index contributed by atoms with van der Waals surface area (Å²) in [6.45, 7) is 6.15. The van der Waals surface area contributed by atoms with Crippen LogP contribution in [0.25, 0.3) is 0 Å². The van der Waals surface area contributed by atoms with Gasteiger partial charge in [-0.1, -0.05) is 6.92 Å². The molecule has 0 bridgehead atoms. The first-order valence-electron chi connectivity index (χ1n) is 5.85. The van der Waals surface area contributed by atoms with E-state index in [0.717, 1.165) is 25.1 Å². The Bertz CT molecular complexity index is 180. The predicted molar refractivity (Wildman–Crippen MR) is 57.2 cm³/mol. The molecule has 1 heterocycles. The van der Waals surface area contributed by atoms with Crippen molar-refractivity contribution in [2.24, 2.45) is 11.7 Å². The fraction of sp³-hybridized carbons (Fsp3) is 1.00. The summed E-state index contributed by atoms with van der Waals surface area (Å²) in [4.78, 5) is 2.59. The zero-order valence-electron chi connectivity index (χ0n) is 9.11. The summed E-state index contributed by atoms with van der Waals surface area (Å²) in [6, 6.07) is 0.820. The molecule has 2 N–H and O–H groups in total. The summed E-state index contributed by atoms with van der Waals surface area (Å²) in [5.41, 5.74) is 5.67. The molecule has 1 saturated heterocycles. The average Bonchev–Trinajstić information content (AvgIpc) is 2.37. The minimum absolute atomic E-state index is 0.272. The van der Waals surface area contributed by atoms with Gasteiger partial charge in [0.05, 0.1) is 6.10 Å². The smallest absolute Gasteiger partial charge is 0.0824 e.